The van der Waals surface area contributed by atoms with Gasteiger partial charge in [-0.05, 0) is 25.5 Å². The first-order valence-corrected chi connectivity index (χ1v) is 5.14. The SMILES string of the molecule is CC[C@H](C)NC(=O)c1cc(Cl)cc(N)n1. The third-order valence-corrected chi connectivity index (χ3v) is 2.25. The Labute approximate surface area is 93.8 Å². The number of aromatic nitrogens is 1. The van der Waals surface area contributed by atoms with Crippen LogP contribution in [0.2, 0.25) is 5.02 Å². The van der Waals surface area contributed by atoms with Gasteiger partial charge in [0, 0.05) is 11.1 Å². The number of nitrogens with two attached hydrogens (primary N) is 1. The van der Waals surface area contributed by atoms with E-state index < -0.39 is 0 Å². The Kier molecular flexibility index (Phi) is 3.91. The summed E-state index contributed by atoms with van der Waals surface area (Å²) in [4.78, 5) is 15.5. The highest BCUT2D eigenvalue weighted by Gasteiger charge is 2.11. The molecule has 0 unspecified atom stereocenters. The van der Waals surface area contributed by atoms with E-state index in [1.165, 1.54) is 12.1 Å². The van der Waals surface area contributed by atoms with Crippen LogP contribution in [-0.2, 0) is 0 Å². The van der Waals surface area contributed by atoms with Gasteiger partial charge >= 0.3 is 0 Å². The number of anilines is 1. The van der Waals surface area contributed by atoms with Crippen molar-refractivity contribution >= 4 is 23.3 Å². The van der Waals surface area contributed by atoms with E-state index in [-0.39, 0.29) is 23.5 Å². The summed E-state index contributed by atoms with van der Waals surface area (Å²) in [6.07, 6.45) is 0.863. The standard InChI is InChI=1S/C10H14ClN3O/c1-3-6(2)13-10(15)8-4-7(11)5-9(12)14-8/h4-6H,3H2,1-2H3,(H2,12,14)(H,13,15)/t6-/m0/s1. The van der Waals surface area contributed by atoms with Crippen LogP contribution in [0.15, 0.2) is 12.1 Å². The molecule has 0 aliphatic rings. The molecule has 4 nitrogen and oxygen atoms in total. The summed E-state index contributed by atoms with van der Waals surface area (Å²) in [5.41, 5.74) is 5.74. The second-order valence-corrected chi connectivity index (χ2v) is 3.81. The lowest BCUT2D eigenvalue weighted by Gasteiger charge is -2.11. The Hall–Kier alpha value is -1.29. The van der Waals surface area contributed by atoms with Crippen molar-refractivity contribution in [2.45, 2.75) is 26.3 Å². The number of nitrogens with zero attached hydrogens (tertiary/aromatic N) is 1. The Bertz CT molecular complexity index is 347. The van der Waals surface area contributed by atoms with Crippen LogP contribution in [0.25, 0.3) is 0 Å². The second-order valence-electron chi connectivity index (χ2n) is 3.38. The fourth-order valence-electron chi connectivity index (χ4n) is 1.03. The number of carbonyl (C=O) groups excluding carboxylic acids is 1. The number of rotatable bonds is 3. The molecular weight excluding hydrogens is 214 g/mol. The van der Waals surface area contributed by atoms with Crippen molar-refractivity contribution in [3.63, 3.8) is 0 Å². The Morgan fingerprint density at radius 3 is 2.87 bits per heavy atom. The molecule has 1 rings (SSSR count). The molecule has 0 radical (unpaired) electrons. The van der Waals surface area contributed by atoms with E-state index in [9.17, 15) is 4.79 Å². The minimum Gasteiger partial charge on any atom is -0.384 e. The van der Waals surface area contributed by atoms with E-state index in [2.05, 4.69) is 10.3 Å². The molecule has 3 N–H and O–H groups in total. The van der Waals surface area contributed by atoms with Crippen LogP contribution in [0.3, 0.4) is 0 Å². The summed E-state index contributed by atoms with van der Waals surface area (Å²) < 4.78 is 0. The van der Waals surface area contributed by atoms with Gasteiger partial charge in [-0.2, -0.15) is 0 Å². The minimum absolute atomic E-state index is 0.111. The molecule has 0 aliphatic heterocycles. The lowest BCUT2D eigenvalue weighted by molar-refractivity contribution is 0.0934. The van der Waals surface area contributed by atoms with Crippen molar-refractivity contribution in [2.75, 3.05) is 5.73 Å². The molecule has 0 bridgehead atoms. The first kappa shape index (κ1) is 11.8. The summed E-state index contributed by atoms with van der Waals surface area (Å²) in [5.74, 6) is -0.00430. The molecule has 82 valence electrons. The molecule has 1 amide bonds. The highest BCUT2D eigenvalue weighted by Crippen LogP contribution is 2.13. The number of carbonyl (C=O) groups is 1. The van der Waals surface area contributed by atoms with Crippen LogP contribution in [0.5, 0.6) is 0 Å². The fourth-order valence-corrected chi connectivity index (χ4v) is 1.25. The summed E-state index contributed by atoms with van der Waals surface area (Å²) in [5, 5.41) is 3.20. The van der Waals surface area contributed by atoms with Crippen molar-refractivity contribution < 1.29 is 4.79 Å². The van der Waals surface area contributed by atoms with Crippen molar-refractivity contribution in [3.05, 3.63) is 22.8 Å². The van der Waals surface area contributed by atoms with Gasteiger partial charge in [0.25, 0.3) is 5.91 Å². The van der Waals surface area contributed by atoms with E-state index in [0.29, 0.717) is 5.02 Å². The maximum Gasteiger partial charge on any atom is 0.270 e. The van der Waals surface area contributed by atoms with Gasteiger partial charge in [-0.3, -0.25) is 4.79 Å². The number of nitrogens with one attached hydrogen (secondary N) is 1. The van der Waals surface area contributed by atoms with E-state index in [1.807, 2.05) is 13.8 Å². The Balaban J connectivity index is 2.82. The number of halogens is 1. The van der Waals surface area contributed by atoms with Gasteiger partial charge in [-0.25, -0.2) is 4.98 Å². The molecule has 1 aromatic heterocycles. The van der Waals surface area contributed by atoms with E-state index >= 15 is 0 Å². The van der Waals surface area contributed by atoms with Gasteiger partial charge < -0.3 is 11.1 Å². The molecular formula is C10H14ClN3O. The van der Waals surface area contributed by atoms with E-state index in [4.69, 9.17) is 17.3 Å². The van der Waals surface area contributed by atoms with Crippen LogP contribution in [0.1, 0.15) is 30.8 Å². The third kappa shape index (κ3) is 3.40. The summed E-state index contributed by atoms with van der Waals surface area (Å²) in [6.45, 7) is 3.91. The third-order valence-electron chi connectivity index (χ3n) is 2.03. The largest absolute Gasteiger partial charge is 0.384 e. The average molecular weight is 228 g/mol. The summed E-state index contributed by atoms with van der Waals surface area (Å²) >= 11 is 5.76. The molecule has 1 aromatic rings. The van der Waals surface area contributed by atoms with Gasteiger partial charge in [0.1, 0.15) is 11.5 Å². The second kappa shape index (κ2) is 4.98. The quantitative estimate of drug-likeness (QED) is 0.828. The van der Waals surface area contributed by atoms with Crippen LogP contribution in [-0.4, -0.2) is 16.9 Å². The Morgan fingerprint density at radius 2 is 2.33 bits per heavy atom. The number of nitrogen functional groups attached to an aromatic ring is 1. The van der Waals surface area contributed by atoms with Crippen LogP contribution < -0.4 is 11.1 Å². The molecule has 0 aromatic carbocycles. The molecule has 0 spiro atoms. The number of hydrogen-bond donors (Lipinski definition) is 2. The molecule has 1 heterocycles. The van der Waals surface area contributed by atoms with Crippen molar-refractivity contribution in [1.82, 2.24) is 10.3 Å². The van der Waals surface area contributed by atoms with Crippen molar-refractivity contribution in [2.24, 2.45) is 0 Å². The number of amides is 1. The predicted octanol–water partition coefficient (Wildman–Crippen LogP) is 1.85. The van der Waals surface area contributed by atoms with Crippen LogP contribution in [0, 0.1) is 0 Å². The number of hydrogen-bond acceptors (Lipinski definition) is 3. The van der Waals surface area contributed by atoms with Crippen LogP contribution in [0.4, 0.5) is 5.82 Å². The van der Waals surface area contributed by atoms with Crippen LogP contribution >= 0.6 is 11.6 Å². The zero-order valence-electron chi connectivity index (χ0n) is 8.75. The van der Waals surface area contributed by atoms with Gasteiger partial charge in [-0.1, -0.05) is 18.5 Å². The monoisotopic (exact) mass is 227 g/mol. The molecule has 15 heavy (non-hydrogen) atoms. The molecule has 1 atom stereocenters. The molecule has 0 aliphatic carbocycles. The maximum absolute atomic E-state index is 11.6. The average Bonchev–Trinajstić information content (AvgIpc) is 2.16. The lowest BCUT2D eigenvalue weighted by Crippen LogP contribution is -2.32. The lowest BCUT2D eigenvalue weighted by atomic mass is 10.2. The zero-order valence-corrected chi connectivity index (χ0v) is 9.51. The smallest absolute Gasteiger partial charge is 0.270 e. The predicted molar refractivity (Wildman–Crippen MR) is 60.9 cm³/mol. The summed E-state index contributed by atoms with van der Waals surface area (Å²) in [7, 11) is 0. The highest BCUT2D eigenvalue weighted by atomic mass is 35.5. The van der Waals surface area contributed by atoms with Crippen molar-refractivity contribution in [1.29, 1.82) is 0 Å². The fraction of sp³-hybridized carbons (Fsp3) is 0.400. The molecule has 0 saturated carbocycles. The summed E-state index contributed by atoms with van der Waals surface area (Å²) in [6, 6.07) is 3.11. The van der Waals surface area contributed by atoms with E-state index in [1.54, 1.807) is 0 Å². The van der Waals surface area contributed by atoms with Gasteiger partial charge in [0.2, 0.25) is 0 Å². The first-order chi connectivity index (χ1) is 7.02. The van der Waals surface area contributed by atoms with Gasteiger partial charge in [0.15, 0.2) is 0 Å². The normalized spacial score (nSPS) is 12.2. The molecule has 5 heteroatoms. The minimum atomic E-state index is -0.251. The van der Waals surface area contributed by atoms with E-state index in [0.717, 1.165) is 6.42 Å². The topological polar surface area (TPSA) is 68.0 Å². The van der Waals surface area contributed by atoms with Gasteiger partial charge in [0.05, 0.1) is 0 Å². The zero-order chi connectivity index (χ0) is 11.4. The molecule has 0 fully saturated rings. The maximum atomic E-state index is 11.6. The first-order valence-electron chi connectivity index (χ1n) is 4.77. The van der Waals surface area contributed by atoms with Crippen molar-refractivity contribution in [3.8, 4) is 0 Å². The molecule has 0 saturated heterocycles. The highest BCUT2D eigenvalue weighted by molar-refractivity contribution is 6.31. The van der Waals surface area contributed by atoms with Gasteiger partial charge in [-0.15, -0.1) is 0 Å². The Morgan fingerprint density at radius 1 is 1.67 bits per heavy atom. The number of pyridine rings is 1.